The maximum atomic E-state index is 13.1. The number of hydrogen-bond acceptors (Lipinski definition) is 7. The molecule has 8 nitrogen and oxygen atoms in total. The summed E-state index contributed by atoms with van der Waals surface area (Å²) in [4.78, 5) is 20.7. The van der Waals surface area contributed by atoms with E-state index < -0.39 is 5.91 Å². The molecule has 0 aliphatic carbocycles. The lowest BCUT2D eigenvalue weighted by atomic mass is 10.2. The Bertz CT molecular complexity index is 1330. The smallest absolute Gasteiger partial charge is 0.267 e. The van der Waals surface area contributed by atoms with Gasteiger partial charge in [-0.1, -0.05) is 0 Å². The molecular weight excluding hydrogens is 451 g/mol. The van der Waals surface area contributed by atoms with Crippen LogP contribution in [0.15, 0.2) is 72.8 Å². The number of carbonyl (C=O) groups is 1. The van der Waals surface area contributed by atoms with Crippen LogP contribution in [0.5, 0.6) is 23.0 Å². The highest BCUT2D eigenvalue weighted by atomic mass is 19.1. The fourth-order valence-corrected chi connectivity index (χ4v) is 3.29. The Morgan fingerprint density at radius 3 is 2.17 bits per heavy atom. The van der Waals surface area contributed by atoms with E-state index in [-0.39, 0.29) is 11.5 Å². The van der Waals surface area contributed by atoms with Gasteiger partial charge in [0.15, 0.2) is 5.82 Å². The molecule has 9 heteroatoms. The molecule has 3 N–H and O–H groups in total. The summed E-state index contributed by atoms with van der Waals surface area (Å²) in [5.74, 6) is 2.12. The number of nitrogens with one attached hydrogen (secondary N) is 1. The monoisotopic (exact) mass is 474 g/mol. The number of halogens is 1. The molecule has 0 saturated heterocycles. The summed E-state index contributed by atoms with van der Waals surface area (Å²) in [5, 5.41) is 3.19. The zero-order valence-electron chi connectivity index (χ0n) is 19.1. The molecule has 0 fully saturated rings. The summed E-state index contributed by atoms with van der Waals surface area (Å²) < 4.78 is 29.5. The molecule has 178 valence electrons. The number of hydrogen-bond donors (Lipinski definition) is 2. The number of carbonyl (C=O) groups excluding carboxylic acids is 1. The maximum absolute atomic E-state index is 13.1. The van der Waals surface area contributed by atoms with Gasteiger partial charge in [-0.05, 0) is 60.7 Å². The molecule has 0 spiro atoms. The third-order valence-electron chi connectivity index (χ3n) is 5.09. The Morgan fingerprint density at radius 2 is 1.54 bits per heavy atom. The van der Waals surface area contributed by atoms with Crippen LogP contribution in [0.2, 0.25) is 0 Å². The molecule has 0 atom stereocenters. The summed E-state index contributed by atoms with van der Waals surface area (Å²) in [6.07, 6.45) is 0. The normalized spacial score (nSPS) is 10.5. The van der Waals surface area contributed by atoms with Gasteiger partial charge in [0.2, 0.25) is 0 Å². The van der Waals surface area contributed by atoms with E-state index >= 15 is 0 Å². The lowest BCUT2D eigenvalue weighted by Gasteiger charge is -2.13. The zero-order chi connectivity index (χ0) is 24.8. The largest absolute Gasteiger partial charge is 0.497 e. The Balaban J connectivity index is 1.55. The van der Waals surface area contributed by atoms with Gasteiger partial charge >= 0.3 is 0 Å². The van der Waals surface area contributed by atoms with Crippen LogP contribution in [0.4, 0.5) is 10.2 Å². The topological polar surface area (TPSA) is 109 Å². The molecule has 0 aliphatic rings. The standard InChI is InChI=1S/C26H23FN4O4/c1-33-21-10-5-17(23(13-21)34-2)15-29-24-14-22(25(28)32)30-26(31-24)16-3-8-19(9-4-16)35-20-11-6-18(27)7-12-20/h3-14H,15H2,1-2H3,(H2,28,32)(H,29,30,31). The van der Waals surface area contributed by atoms with E-state index in [1.807, 2.05) is 12.1 Å². The fourth-order valence-electron chi connectivity index (χ4n) is 3.29. The molecule has 0 radical (unpaired) electrons. The Kier molecular flexibility index (Phi) is 7.06. The number of nitrogens with two attached hydrogens (primary N) is 1. The predicted octanol–water partition coefficient (Wildman–Crippen LogP) is 4.80. The van der Waals surface area contributed by atoms with Gasteiger partial charge in [-0.3, -0.25) is 4.79 Å². The third-order valence-corrected chi connectivity index (χ3v) is 5.09. The third kappa shape index (κ3) is 5.83. The van der Waals surface area contributed by atoms with Gasteiger partial charge < -0.3 is 25.3 Å². The van der Waals surface area contributed by atoms with Crippen LogP contribution in [-0.2, 0) is 6.54 Å². The minimum Gasteiger partial charge on any atom is -0.497 e. The molecular formula is C26H23FN4O4. The van der Waals surface area contributed by atoms with Crippen molar-refractivity contribution in [3.63, 3.8) is 0 Å². The summed E-state index contributed by atoms with van der Waals surface area (Å²) in [6, 6.07) is 19.7. The van der Waals surface area contributed by atoms with Gasteiger partial charge in [-0.25, -0.2) is 14.4 Å². The van der Waals surface area contributed by atoms with Crippen molar-refractivity contribution in [1.29, 1.82) is 0 Å². The highest BCUT2D eigenvalue weighted by molar-refractivity contribution is 5.92. The van der Waals surface area contributed by atoms with E-state index in [1.54, 1.807) is 56.7 Å². The predicted molar refractivity (Wildman–Crippen MR) is 129 cm³/mol. The summed E-state index contributed by atoms with van der Waals surface area (Å²) in [5.41, 5.74) is 7.10. The number of anilines is 1. The van der Waals surface area contributed by atoms with Crippen molar-refractivity contribution >= 4 is 11.7 Å². The second-order valence-electron chi connectivity index (χ2n) is 7.44. The van der Waals surface area contributed by atoms with Crippen molar-refractivity contribution in [3.05, 3.63) is 89.9 Å². The molecule has 1 aromatic heterocycles. The van der Waals surface area contributed by atoms with Gasteiger partial charge in [0.1, 0.15) is 40.3 Å². The molecule has 3 aromatic carbocycles. The van der Waals surface area contributed by atoms with Gasteiger partial charge in [0.25, 0.3) is 5.91 Å². The Labute approximate surface area is 201 Å². The number of amides is 1. The van der Waals surface area contributed by atoms with Crippen LogP contribution in [0, 0.1) is 5.82 Å². The second-order valence-corrected chi connectivity index (χ2v) is 7.44. The minimum absolute atomic E-state index is 0.0748. The number of methoxy groups -OCH3 is 2. The van der Waals surface area contributed by atoms with Crippen molar-refractivity contribution in [2.24, 2.45) is 5.73 Å². The van der Waals surface area contributed by atoms with Crippen LogP contribution >= 0.6 is 0 Å². The number of ether oxygens (including phenoxy) is 3. The van der Waals surface area contributed by atoms with E-state index in [9.17, 15) is 9.18 Å². The van der Waals surface area contributed by atoms with Crippen LogP contribution < -0.4 is 25.3 Å². The lowest BCUT2D eigenvalue weighted by Crippen LogP contribution is -2.15. The fraction of sp³-hybridized carbons (Fsp3) is 0.115. The summed E-state index contributed by atoms with van der Waals surface area (Å²) in [7, 11) is 3.16. The van der Waals surface area contributed by atoms with E-state index in [2.05, 4.69) is 15.3 Å². The minimum atomic E-state index is -0.671. The first-order valence-electron chi connectivity index (χ1n) is 10.6. The molecule has 4 rings (SSSR count). The second kappa shape index (κ2) is 10.5. The molecule has 1 amide bonds. The molecule has 4 aromatic rings. The Hall–Kier alpha value is -4.66. The van der Waals surface area contributed by atoms with Crippen molar-refractivity contribution in [3.8, 4) is 34.4 Å². The van der Waals surface area contributed by atoms with E-state index in [0.717, 1.165) is 5.56 Å². The number of nitrogens with zero attached hydrogens (tertiary/aromatic N) is 2. The average molecular weight is 474 g/mol. The highest BCUT2D eigenvalue weighted by Crippen LogP contribution is 2.27. The molecule has 0 bridgehead atoms. The first-order chi connectivity index (χ1) is 16.9. The van der Waals surface area contributed by atoms with Crippen LogP contribution in [0.25, 0.3) is 11.4 Å². The number of rotatable bonds is 9. The van der Waals surface area contributed by atoms with Crippen LogP contribution in [0.1, 0.15) is 16.1 Å². The van der Waals surface area contributed by atoms with Crippen molar-refractivity contribution in [2.45, 2.75) is 6.54 Å². The van der Waals surface area contributed by atoms with Crippen LogP contribution in [-0.4, -0.2) is 30.1 Å². The highest BCUT2D eigenvalue weighted by Gasteiger charge is 2.12. The molecule has 1 heterocycles. The van der Waals surface area contributed by atoms with Gasteiger partial charge in [-0.15, -0.1) is 0 Å². The number of primary amides is 1. The van der Waals surface area contributed by atoms with Crippen LogP contribution in [0.3, 0.4) is 0 Å². The summed E-state index contributed by atoms with van der Waals surface area (Å²) in [6.45, 7) is 0.381. The molecule has 0 unspecified atom stereocenters. The molecule has 0 saturated carbocycles. The summed E-state index contributed by atoms with van der Waals surface area (Å²) >= 11 is 0. The number of aromatic nitrogens is 2. The van der Waals surface area contributed by atoms with E-state index in [1.165, 1.54) is 18.2 Å². The zero-order valence-corrected chi connectivity index (χ0v) is 19.1. The maximum Gasteiger partial charge on any atom is 0.267 e. The van der Waals surface area contributed by atoms with Gasteiger partial charge in [-0.2, -0.15) is 0 Å². The number of benzene rings is 3. The first-order valence-corrected chi connectivity index (χ1v) is 10.6. The lowest BCUT2D eigenvalue weighted by molar-refractivity contribution is 0.0995. The Morgan fingerprint density at radius 1 is 0.886 bits per heavy atom. The van der Waals surface area contributed by atoms with E-state index in [0.29, 0.717) is 46.7 Å². The van der Waals surface area contributed by atoms with Crippen molar-refractivity contribution < 1.29 is 23.4 Å². The van der Waals surface area contributed by atoms with Crippen molar-refractivity contribution in [1.82, 2.24) is 9.97 Å². The quantitative estimate of drug-likeness (QED) is 0.359. The first kappa shape index (κ1) is 23.5. The van der Waals surface area contributed by atoms with Crippen molar-refractivity contribution in [2.75, 3.05) is 19.5 Å². The molecule has 0 aliphatic heterocycles. The van der Waals surface area contributed by atoms with E-state index in [4.69, 9.17) is 19.9 Å². The molecule has 35 heavy (non-hydrogen) atoms. The average Bonchev–Trinajstić information content (AvgIpc) is 2.89. The SMILES string of the molecule is COc1ccc(CNc2cc(C(N)=O)nc(-c3ccc(Oc4ccc(F)cc4)cc3)n2)c(OC)c1. The van der Waals surface area contributed by atoms with Gasteiger partial charge in [0.05, 0.1) is 14.2 Å². The van der Waals surface area contributed by atoms with Gasteiger partial charge in [0, 0.05) is 29.8 Å².